The van der Waals surface area contributed by atoms with Crippen LogP contribution in [0.1, 0.15) is 12.5 Å². The van der Waals surface area contributed by atoms with Crippen molar-refractivity contribution in [1.82, 2.24) is 9.97 Å². The van der Waals surface area contributed by atoms with E-state index in [1.54, 1.807) is 6.92 Å². The molecule has 0 amide bonds. The molecule has 0 aromatic carbocycles. The first kappa shape index (κ1) is 11.4. The SMILES string of the molecule is C#S(=O)c1nc2oc(=O)cc(CC)c2c(=O)[nH]1. The number of aromatic nitrogens is 2. The number of hydrogen-bond donors (Lipinski definition) is 1. The van der Waals surface area contributed by atoms with Crippen LogP contribution < -0.4 is 11.2 Å². The van der Waals surface area contributed by atoms with E-state index in [2.05, 4.69) is 9.97 Å². The van der Waals surface area contributed by atoms with E-state index in [9.17, 15) is 13.8 Å². The number of aryl methyl sites for hydroxylation is 1. The van der Waals surface area contributed by atoms with E-state index in [0.29, 0.717) is 12.0 Å². The summed E-state index contributed by atoms with van der Waals surface area (Å²) in [6, 6.07) is 1.23. The molecule has 2 aromatic rings. The summed E-state index contributed by atoms with van der Waals surface area (Å²) in [7, 11) is -1.94. The van der Waals surface area contributed by atoms with Crippen LogP contribution in [-0.2, 0) is 16.6 Å². The van der Waals surface area contributed by atoms with Gasteiger partial charge in [0.25, 0.3) is 5.56 Å². The summed E-state index contributed by atoms with van der Waals surface area (Å²) in [5.41, 5.74) is 4.35. The predicted molar refractivity (Wildman–Crippen MR) is 61.6 cm³/mol. The molecule has 0 aliphatic rings. The third-order valence-electron chi connectivity index (χ3n) is 2.25. The van der Waals surface area contributed by atoms with Gasteiger partial charge in [-0.3, -0.25) is 9.78 Å². The van der Waals surface area contributed by atoms with Gasteiger partial charge in [0.15, 0.2) is 0 Å². The fourth-order valence-corrected chi connectivity index (χ4v) is 1.87. The highest BCUT2D eigenvalue weighted by Crippen LogP contribution is 2.10. The number of aromatic amines is 1. The Hall–Kier alpha value is -2.11. The minimum atomic E-state index is -1.94. The Kier molecular flexibility index (Phi) is 2.71. The fraction of sp³-hybridized carbons (Fsp3) is 0.200. The monoisotopic (exact) mass is 252 g/mol. The van der Waals surface area contributed by atoms with Crippen LogP contribution in [0.5, 0.6) is 0 Å². The van der Waals surface area contributed by atoms with Crippen molar-refractivity contribution < 1.29 is 8.63 Å². The van der Waals surface area contributed by atoms with Crippen molar-refractivity contribution >= 4 is 21.3 Å². The lowest BCUT2D eigenvalue weighted by Crippen LogP contribution is -2.15. The summed E-state index contributed by atoms with van der Waals surface area (Å²) >= 11 is 0. The van der Waals surface area contributed by atoms with Crippen LogP contribution in [0.2, 0.25) is 0 Å². The van der Waals surface area contributed by atoms with Gasteiger partial charge in [-0.1, -0.05) is 12.6 Å². The maximum absolute atomic E-state index is 11.7. The fourth-order valence-electron chi connectivity index (χ4n) is 1.50. The molecule has 2 aromatic heterocycles. The molecule has 0 unspecified atom stereocenters. The molecule has 0 saturated heterocycles. The van der Waals surface area contributed by atoms with Gasteiger partial charge >= 0.3 is 5.63 Å². The van der Waals surface area contributed by atoms with Gasteiger partial charge in [-0.05, 0) is 12.0 Å². The Balaban J connectivity index is 3.02. The van der Waals surface area contributed by atoms with Crippen LogP contribution in [0.15, 0.2) is 25.2 Å². The van der Waals surface area contributed by atoms with Crippen molar-refractivity contribution in [2.24, 2.45) is 0 Å². The first-order valence-electron chi connectivity index (χ1n) is 4.76. The predicted octanol–water partition coefficient (Wildman–Crippen LogP) is 0.135. The van der Waals surface area contributed by atoms with Crippen molar-refractivity contribution in [3.63, 3.8) is 0 Å². The minimum absolute atomic E-state index is 0.146. The van der Waals surface area contributed by atoms with Crippen molar-refractivity contribution in [3.05, 3.63) is 32.4 Å². The van der Waals surface area contributed by atoms with Crippen LogP contribution in [0.3, 0.4) is 0 Å². The van der Waals surface area contributed by atoms with Crippen molar-refractivity contribution in [2.45, 2.75) is 18.5 Å². The average Bonchev–Trinajstić information content (AvgIpc) is 2.26. The molecule has 6 nitrogen and oxygen atoms in total. The molecule has 2 rings (SSSR count). The van der Waals surface area contributed by atoms with Crippen LogP contribution in [-0.4, -0.2) is 14.2 Å². The number of nitrogens with zero attached hydrogens (tertiary/aromatic N) is 1. The lowest BCUT2D eigenvalue weighted by atomic mass is 10.1. The summed E-state index contributed by atoms with van der Waals surface area (Å²) < 4.78 is 15.8. The highest BCUT2D eigenvalue weighted by Gasteiger charge is 2.11. The number of hydrogen-bond acceptors (Lipinski definition) is 5. The minimum Gasteiger partial charge on any atom is -0.403 e. The lowest BCUT2D eigenvalue weighted by Gasteiger charge is -2.00. The highest BCUT2D eigenvalue weighted by atomic mass is 32.2. The van der Waals surface area contributed by atoms with Crippen LogP contribution in [0, 0.1) is 5.69 Å². The van der Waals surface area contributed by atoms with Crippen molar-refractivity contribution in [2.75, 3.05) is 0 Å². The second-order valence-corrected chi connectivity index (χ2v) is 4.27. The Labute approximate surface area is 97.0 Å². The Morgan fingerprint density at radius 3 is 2.82 bits per heavy atom. The van der Waals surface area contributed by atoms with Crippen LogP contribution in [0.25, 0.3) is 11.1 Å². The number of nitrogens with one attached hydrogen (secondary N) is 1. The molecule has 0 saturated carbocycles. The van der Waals surface area contributed by atoms with E-state index in [4.69, 9.17) is 10.1 Å². The first-order valence-corrected chi connectivity index (χ1v) is 5.97. The molecule has 2 heterocycles. The third kappa shape index (κ3) is 1.93. The van der Waals surface area contributed by atoms with E-state index in [0.717, 1.165) is 0 Å². The number of fused-ring (bicyclic) bond motifs is 1. The third-order valence-corrected chi connectivity index (χ3v) is 2.82. The van der Waals surface area contributed by atoms with Gasteiger partial charge in [0.2, 0.25) is 10.9 Å². The lowest BCUT2D eigenvalue weighted by molar-refractivity contribution is 0.541. The molecular weight excluding hydrogens is 244 g/mol. The second-order valence-electron chi connectivity index (χ2n) is 3.29. The zero-order valence-electron chi connectivity index (χ0n) is 8.85. The van der Waals surface area contributed by atoms with Crippen molar-refractivity contribution in [1.29, 1.82) is 0 Å². The molecule has 0 spiro atoms. The molecule has 1 N–H and O–H groups in total. The Morgan fingerprint density at radius 1 is 1.53 bits per heavy atom. The van der Waals surface area contributed by atoms with E-state index >= 15 is 0 Å². The van der Waals surface area contributed by atoms with Gasteiger partial charge in [-0.15, -0.1) is 0 Å². The molecule has 0 bridgehead atoms. The van der Waals surface area contributed by atoms with Gasteiger partial charge in [0, 0.05) is 6.07 Å². The normalized spacial score (nSPS) is 10.6. The standard InChI is InChI=1S/C10H8N2O4S/c1-3-5-4-6(13)16-9-7(5)8(14)11-10(12-9)17(2)15/h2,4H,3H2,1H3,(H,11,12,14). The number of H-pyrrole nitrogens is 1. The summed E-state index contributed by atoms with van der Waals surface area (Å²) in [6.45, 7) is 1.79. The molecule has 0 atom stereocenters. The largest absolute Gasteiger partial charge is 0.403 e. The van der Waals surface area contributed by atoms with Gasteiger partial charge in [-0.2, -0.15) is 4.98 Å². The zero-order valence-corrected chi connectivity index (χ0v) is 9.67. The topological polar surface area (TPSA) is 93.0 Å². The van der Waals surface area contributed by atoms with Gasteiger partial charge in [0.1, 0.15) is 5.39 Å². The van der Waals surface area contributed by atoms with E-state index in [1.165, 1.54) is 6.07 Å². The maximum Gasteiger partial charge on any atom is 0.337 e. The Bertz CT molecular complexity index is 828. The van der Waals surface area contributed by atoms with Gasteiger partial charge in [-0.25, -0.2) is 9.00 Å². The van der Waals surface area contributed by atoms with E-state index < -0.39 is 21.4 Å². The summed E-state index contributed by atoms with van der Waals surface area (Å²) in [6.07, 6.45) is 0.484. The summed E-state index contributed by atoms with van der Waals surface area (Å²) in [5, 5.41) is -0.0415. The molecule has 17 heavy (non-hydrogen) atoms. The molecule has 0 aliphatic heterocycles. The van der Waals surface area contributed by atoms with E-state index in [1.807, 2.05) is 0 Å². The molecule has 88 valence electrons. The average molecular weight is 252 g/mol. The molecule has 0 radical (unpaired) electrons. The van der Waals surface area contributed by atoms with E-state index in [-0.39, 0.29) is 16.3 Å². The van der Waals surface area contributed by atoms with Gasteiger partial charge in [0.05, 0.1) is 10.2 Å². The second kappa shape index (κ2) is 4.04. The molecular formula is C10H8N2O4S. The maximum atomic E-state index is 11.7. The summed E-state index contributed by atoms with van der Waals surface area (Å²) in [4.78, 5) is 29.0. The highest BCUT2D eigenvalue weighted by molar-refractivity contribution is 7.73. The smallest absolute Gasteiger partial charge is 0.337 e. The quantitative estimate of drug-likeness (QED) is 0.728. The summed E-state index contributed by atoms with van der Waals surface area (Å²) in [5.74, 6) is 0. The molecule has 0 fully saturated rings. The Morgan fingerprint density at radius 2 is 2.24 bits per heavy atom. The molecule has 0 aliphatic carbocycles. The number of rotatable bonds is 1. The zero-order chi connectivity index (χ0) is 12.6. The first-order chi connectivity index (χ1) is 8.02. The van der Waals surface area contributed by atoms with Gasteiger partial charge < -0.3 is 4.42 Å². The van der Waals surface area contributed by atoms with Crippen LogP contribution >= 0.6 is 0 Å². The van der Waals surface area contributed by atoms with Crippen LogP contribution in [0.4, 0.5) is 0 Å². The van der Waals surface area contributed by atoms with Crippen molar-refractivity contribution in [3.8, 4) is 5.69 Å². The molecule has 7 heteroatoms.